The predicted molar refractivity (Wildman–Crippen MR) is 74.6 cm³/mol. The lowest BCUT2D eigenvalue weighted by Gasteiger charge is -2.03. The monoisotopic (exact) mass is 241 g/mol. The Hall–Kier alpha value is -1.70. The van der Waals surface area contributed by atoms with E-state index in [1.165, 1.54) is 5.39 Å². The fraction of sp³-hybridized carbons (Fsp3) is 0.375. The van der Waals surface area contributed by atoms with Crippen LogP contribution in [-0.4, -0.2) is 10.8 Å². The van der Waals surface area contributed by atoms with E-state index >= 15 is 0 Å². The van der Waals surface area contributed by atoms with Gasteiger partial charge in [-0.15, -0.1) is 0 Å². The van der Waals surface area contributed by atoms with Gasteiger partial charge < -0.3 is 0 Å². The van der Waals surface area contributed by atoms with Crippen LogP contribution >= 0.6 is 0 Å². The molecule has 1 aromatic carbocycles. The number of nitrogens with zero attached hydrogens (tertiary/aromatic N) is 1. The first kappa shape index (κ1) is 12.7. The third-order valence-electron chi connectivity index (χ3n) is 3.07. The highest BCUT2D eigenvalue weighted by Gasteiger charge is 2.02. The predicted octanol–water partition coefficient (Wildman–Crippen LogP) is 3.93. The number of fused-ring (bicyclic) bond motifs is 1. The smallest absolute Gasteiger partial charge is 0.132 e. The van der Waals surface area contributed by atoms with Crippen LogP contribution in [0.15, 0.2) is 36.4 Å². The van der Waals surface area contributed by atoms with Crippen LogP contribution in [0.1, 0.15) is 38.3 Å². The van der Waals surface area contributed by atoms with Crippen LogP contribution in [0.3, 0.4) is 0 Å². The van der Waals surface area contributed by atoms with Gasteiger partial charge in [0.2, 0.25) is 0 Å². The quantitative estimate of drug-likeness (QED) is 0.767. The van der Waals surface area contributed by atoms with Crippen molar-refractivity contribution in [2.24, 2.45) is 0 Å². The van der Waals surface area contributed by atoms with E-state index in [4.69, 9.17) is 0 Å². The van der Waals surface area contributed by atoms with Crippen molar-refractivity contribution in [2.75, 3.05) is 0 Å². The molecule has 1 heterocycles. The number of para-hydroxylation sites is 1. The number of carbonyl (C=O) groups is 1. The summed E-state index contributed by atoms with van der Waals surface area (Å²) in [5.41, 5.74) is 2.12. The molecule has 0 N–H and O–H groups in total. The Labute approximate surface area is 108 Å². The van der Waals surface area contributed by atoms with Crippen molar-refractivity contribution in [3.63, 3.8) is 0 Å². The number of rotatable bonds is 6. The van der Waals surface area contributed by atoms with E-state index < -0.39 is 0 Å². The van der Waals surface area contributed by atoms with Crippen LogP contribution in [-0.2, 0) is 11.2 Å². The van der Waals surface area contributed by atoms with E-state index in [1.807, 2.05) is 25.1 Å². The van der Waals surface area contributed by atoms with Gasteiger partial charge in [-0.3, -0.25) is 9.78 Å². The van der Waals surface area contributed by atoms with Gasteiger partial charge in [-0.2, -0.15) is 0 Å². The Morgan fingerprint density at radius 1 is 1.11 bits per heavy atom. The van der Waals surface area contributed by atoms with Crippen LogP contribution in [0.4, 0.5) is 0 Å². The van der Waals surface area contributed by atoms with Gasteiger partial charge in [0.15, 0.2) is 0 Å². The molecule has 0 aliphatic heterocycles. The average Bonchev–Trinajstić information content (AvgIpc) is 2.39. The molecule has 94 valence electrons. The van der Waals surface area contributed by atoms with Crippen LogP contribution in [0.5, 0.6) is 0 Å². The number of aromatic nitrogens is 1. The first-order valence-corrected chi connectivity index (χ1v) is 6.66. The summed E-state index contributed by atoms with van der Waals surface area (Å²) < 4.78 is 0. The van der Waals surface area contributed by atoms with E-state index in [9.17, 15) is 4.79 Å². The number of aryl methyl sites for hydroxylation is 1. The van der Waals surface area contributed by atoms with Gasteiger partial charge in [0.05, 0.1) is 5.52 Å². The van der Waals surface area contributed by atoms with Crippen molar-refractivity contribution in [2.45, 2.75) is 39.0 Å². The summed E-state index contributed by atoms with van der Waals surface area (Å²) in [5.74, 6) is 0.373. The second-order valence-corrected chi connectivity index (χ2v) is 4.64. The molecule has 0 bridgehead atoms. The standard InChI is InChI=1S/C16H19NO/c1-2-6-15(18)9-5-8-14-12-11-13-7-3-4-10-16(13)17-14/h3-4,7,10-12H,2,5-6,8-9H2,1H3. The molecular weight excluding hydrogens is 222 g/mol. The van der Waals surface area contributed by atoms with Gasteiger partial charge in [0.25, 0.3) is 0 Å². The first-order chi connectivity index (χ1) is 8.79. The van der Waals surface area contributed by atoms with Crippen molar-refractivity contribution < 1.29 is 4.79 Å². The van der Waals surface area contributed by atoms with Crippen molar-refractivity contribution in [1.82, 2.24) is 4.98 Å². The first-order valence-electron chi connectivity index (χ1n) is 6.66. The number of Topliss-reactive ketones (excluding diaryl/α,β-unsaturated/α-hetero) is 1. The highest BCUT2D eigenvalue weighted by atomic mass is 16.1. The van der Waals surface area contributed by atoms with E-state index in [-0.39, 0.29) is 0 Å². The molecule has 2 heteroatoms. The summed E-state index contributed by atoms with van der Waals surface area (Å²) in [4.78, 5) is 16.0. The molecule has 0 spiro atoms. The molecule has 0 saturated heterocycles. The summed E-state index contributed by atoms with van der Waals surface area (Å²) >= 11 is 0. The molecule has 18 heavy (non-hydrogen) atoms. The van der Waals surface area contributed by atoms with Crippen molar-refractivity contribution >= 4 is 16.7 Å². The zero-order valence-electron chi connectivity index (χ0n) is 10.9. The van der Waals surface area contributed by atoms with E-state index in [1.54, 1.807) is 0 Å². The van der Waals surface area contributed by atoms with Crippen LogP contribution in [0.25, 0.3) is 10.9 Å². The fourth-order valence-corrected chi connectivity index (χ4v) is 2.12. The zero-order valence-corrected chi connectivity index (χ0v) is 10.9. The summed E-state index contributed by atoms with van der Waals surface area (Å²) in [7, 11) is 0. The largest absolute Gasteiger partial charge is 0.300 e. The second-order valence-electron chi connectivity index (χ2n) is 4.64. The Morgan fingerprint density at radius 2 is 1.94 bits per heavy atom. The lowest BCUT2D eigenvalue weighted by atomic mass is 10.1. The number of hydrogen-bond donors (Lipinski definition) is 0. The maximum absolute atomic E-state index is 11.4. The molecule has 0 saturated carbocycles. The number of benzene rings is 1. The molecule has 1 aromatic heterocycles. The third-order valence-corrected chi connectivity index (χ3v) is 3.07. The molecule has 0 fully saturated rings. The maximum atomic E-state index is 11.4. The zero-order chi connectivity index (χ0) is 12.8. The number of hydrogen-bond acceptors (Lipinski definition) is 2. The van der Waals surface area contributed by atoms with Crippen LogP contribution < -0.4 is 0 Å². The summed E-state index contributed by atoms with van der Waals surface area (Å²) in [5, 5.41) is 1.17. The van der Waals surface area contributed by atoms with Gasteiger partial charge in [-0.1, -0.05) is 31.2 Å². The number of ketones is 1. The van der Waals surface area contributed by atoms with Crippen molar-refractivity contribution in [3.8, 4) is 0 Å². The summed E-state index contributed by atoms with van der Waals surface area (Å²) in [6, 6.07) is 12.3. The minimum atomic E-state index is 0.373. The second kappa shape index (κ2) is 6.29. The van der Waals surface area contributed by atoms with E-state index in [0.29, 0.717) is 18.6 Å². The molecule has 0 radical (unpaired) electrons. The van der Waals surface area contributed by atoms with Gasteiger partial charge in [-0.25, -0.2) is 0 Å². The minimum Gasteiger partial charge on any atom is -0.300 e. The maximum Gasteiger partial charge on any atom is 0.132 e. The highest BCUT2D eigenvalue weighted by Crippen LogP contribution is 2.13. The summed E-state index contributed by atoms with van der Waals surface area (Å²) in [6.45, 7) is 2.04. The third kappa shape index (κ3) is 3.39. The SMILES string of the molecule is CCCC(=O)CCCc1ccc2ccccc2n1. The van der Waals surface area contributed by atoms with Crippen LogP contribution in [0.2, 0.25) is 0 Å². The Bertz CT molecular complexity index is 533. The van der Waals surface area contributed by atoms with Crippen molar-refractivity contribution in [1.29, 1.82) is 0 Å². The van der Waals surface area contributed by atoms with Gasteiger partial charge in [0.1, 0.15) is 5.78 Å². The van der Waals surface area contributed by atoms with E-state index in [0.717, 1.165) is 30.5 Å². The molecule has 2 aromatic rings. The van der Waals surface area contributed by atoms with Gasteiger partial charge in [0, 0.05) is 23.9 Å². The molecule has 2 rings (SSSR count). The van der Waals surface area contributed by atoms with E-state index in [2.05, 4.69) is 23.2 Å². The number of pyridine rings is 1. The topological polar surface area (TPSA) is 30.0 Å². The molecule has 0 unspecified atom stereocenters. The van der Waals surface area contributed by atoms with Gasteiger partial charge in [-0.05, 0) is 31.4 Å². The number of carbonyl (C=O) groups excluding carboxylic acids is 1. The molecule has 0 amide bonds. The average molecular weight is 241 g/mol. The molecule has 0 aliphatic rings. The normalized spacial score (nSPS) is 10.7. The Balaban J connectivity index is 1.93. The lowest BCUT2D eigenvalue weighted by molar-refractivity contribution is -0.119. The summed E-state index contributed by atoms with van der Waals surface area (Å²) in [6.07, 6.45) is 4.14. The molecule has 0 atom stereocenters. The van der Waals surface area contributed by atoms with Crippen molar-refractivity contribution in [3.05, 3.63) is 42.1 Å². The Kier molecular flexibility index (Phi) is 4.46. The lowest BCUT2D eigenvalue weighted by Crippen LogP contribution is -1.99. The highest BCUT2D eigenvalue weighted by molar-refractivity contribution is 5.79. The Morgan fingerprint density at radius 3 is 2.78 bits per heavy atom. The molecule has 0 aliphatic carbocycles. The fourth-order valence-electron chi connectivity index (χ4n) is 2.12. The minimum absolute atomic E-state index is 0.373. The van der Waals surface area contributed by atoms with Gasteiger partial charge >= 0.3 is 0 Å². The molecular formula is C16H19NO. The van der Waals surface area contributed by atoms with Crippen LogP contribution in [0, 0.1) is 0 Å². The molecule has 2 nitrogen and oxygen atoms in total.